The van der Waals surface area contributed by atoms with Gasteiger partial charge in [-0.15, -0.1) is 0 Å². The minimum absolute atomic E-state index is 0.0178. The molecule has 1 aliphatic rings. The van der Waals surface area contributed by atoms with Crippen molar-refractivity contribution in [2.45, 2.75) is 26.7 Å². The van der Waals surface area contributed by atoms with Gasteiger partial charge in [0.2, 0.25) is 0 Å². The van der Waals surface area contributed by atoms with Crippen LogP contribution in [-0.2, 0) is 0 Å². The molecule has 6 nitrogen and oxygen atoms in total. The molecule has 0 aliphatic carbocycles. The number of hydrogen-bond acceptors (Lipinski definition) is 3. The van der Waals surface area contributed by atoms with E-state index in [2.05, 4.69) is 15.5 Å². The second-order valence-electron chi connectivity index (χ2n) is 6.99. The van der Waals surface area contributed by atoms with Crippen molar-refractivity contribution in [3.05, 3.63) is 53.1 Å². The molecule has 29 heavy (non-hydrogen) atoms. The molecule has 2 aromatic rings. The number of carbonyl (C=O) groups excluding carboxylic acids is 2. The first-order valence-electron chi connectivity index (χ1n) is 10.0. The lowest BCUT2D eigenvalue weighted by atomic mass is 10.1. The van der Waals surface area contributed by atoms with Crippen molar-refractivity contribution in [2.24, 2.45) is 0 Å². The van der Waals surface area contributed by atoms with Crippen LogP contribution in [0.15, 0.2) is 42.5 Å². The molecule has 3 rings (SSSR count). The van der Waals surface area contributed by atoms with E-state index in [9.17, 15) is 9.59 Å². The van der Waals surface area contributed by atoms with E-state index >= 15 is 0 Å². The van der Waals surface area contributed by atoms with Gasteiger partial charge in [-0.05, 0) is 63.1 Å². The normalized spacial score (nSPS) is 13.3. The van der Waals surface area contributed by atoms with E-state index in [1.165, 1.54) is 0 Å². The monoisotopic (exact) mass is 414 g/mol. The molecule has 0 saturated carbocycles. The number of benzene rings is 2. The molecular formula is C22H27ClN4O2. The first-order chi connectivity index (χ1) is 14.0. The summed E-state index contributed by atoms with van der Waals surface area (Å²) in [6.07, 6.45) is 2.25. The van der Waals surface area contributed by atoms with Crippen LogP contribution < -0.4 is 15.5 Å². The lowest BCUT2D eigenvalue weighted by Crippen LogP contribution is -2.32. The number of nitrogens with one attached hydrogen (secondary N) is 2. The second-order valence-corrected chi connectivity index (χ2v) is 7.43. The lowest BCUT2D eigenvalue weighted by molar-refractivity contribution is 0.0773. The van der Waals surface area contributed by atoms with E-state index in [0.29, 0.717) is 35.1 Å². The van der Waals surface area contributed by atoms with Crippen molar-refractivity contribution < 1.29 is 9.59 Å². The fraction of sp³-hybridized carbons (Fsp3) is 0.364. The Morgan fingerprint density at radius 2 is 1.66 bits per heavy atom. The molecule has 2 aromatic carbocycles. The summed E-state index contributed by atoms with van der Waals surface area (Å²) < 4.78 is 0. The first kappa shape index (κ1) is 21.0. The van der Waals surface area contributed by atoms with Gasteiger partial charge in [-0.1, -0.05) is 17.7 Å². The third-order valence-electron chi connectivity index (χ3n) is 5.06. The zero-order valence-electron chi connectivity index (χ0n) is 16.9. The molecule has 2 N–H and O–H groups in total. The molecule has 1 heterocycles. The summed E-state index contributed by atoms with van der Waals surface area (Å²) in [6.45, 7) is 7.11. The van der Waals surface area contributed by atoms with E-state index in [1.807, 2.05) is 26.0 Å². The Balaban J connectivity index is 1.82. The number of amides is 3. The van der Waals surface area contributed by atoms with Crippen LogP contribution >= 0.6 is 11.6 Å². The van der Waals surface area contributed by atoms with Crippen molar-refractivity contribution in [3.8, 4) is 0 Å². The number of urea groups is 1. The maximum atomic E-state index is 13.1. The molecule has 154 valence electrons. The molecule has 3 amide bonds. The largest absolute Gasteiger partial charge is 0.371 e. The molecule has 1 aliphatic heterocycles. The predicted octanol–water partition coefficient (Wildman–Crippen LogP) is 5.07. The van der Waals surface area contributed by atoms with Crippen LogP contribution in [-0.4, -0.2) is 43.0 Å². The molecule has 1 saturated heterocycles. The van der Waals surface area contributed by atoms with E-state index in [1.54, 1.807) is 35.2 Å². The van der Waals surface area contributed by atoms with Gasteiger partial charge in [0.05, 0.1) is 5.56 Å². The number of halogens is 1. The lowest BCUT2D eigenvalue weighted by Gasteiger charge is -2.25. The van der Waals surface area contributed by atoms with Gasteiger partial charge in [0.1, 0.15) is 0 Å². The summed E-state index contributed by atoms with van der Waals surface area (Å²) in [5.74, 6) is -0.0178. The highest BCUT2D eigenvalue weighted by Crippen LogP contribution is 2.29. The number of rotatable bonds is 6. The first-order valence-corrected chi connectivity index (χ1v) is 10.4. The van der Waals surface area contributed by atoms with Gasteiger partial charge >= 0.3 is 6.03 Å². The average Bonchev–Trinajstić information content (AvgIpc) is 3.23. The van der Waals surface area contributed by atoms with E-state index in [0.717, 1.165) is 31.6 Å². The maximum Gasteiger partial charge on any atom is 0.323 e. The molecule has 7 heteroatoms. The molecule has 0 bridgehead atoms. The third-order valence-corrected chi connectivity index (χ3v) is 5.30. The van der Waals surface area contributed by atoms with Crippen LogP contribution in [0.3, 0.4) is 0 Å². The van der Waals surface area contributed by atoms with Crippen molar-refractivity contribution in [1.82, 2.24) is 4.90 Å². The van der Waals surface area contributed by atoms with Gasteiger partial charge in [-0.3, -0.25) is 4.79 Å². The highest BCUT2D eigenvalue weighted by molar-refractivity contribution is 6.30. The Hall–Kier alpha value is -2.73. The number of nitrogens with zero attached hydrogens (tertiary/aromatic N) is 2. The van der Waals surface area contributed by atoms with Crippen LogP contribution in [0.4, 0.5) is 21.9 Å². The van der Waals surface area contributed by atoms with Crippen molar-refractivity contribution in [3.63, 3.8) is 0 Å². The minimum Gasteiger partial charge on any atom is -0.371 e. The molecule has 0 radical (unpaired) electrons. The fourth-order valence-corrected chi connectivity index (χ4v) is 3.75. The summed E-state index contributed by atoms with van der Waals surface area (Å²) in [4.78, 5) is 29.5. The summed E-state index contributed by atoms with van der Waals surface area (Å²) in [5.41, 5.74) is 2.72. The van der Waals surface area contributed by atoms with Crippen LogP contribution in [0.25, 0.3) is 0 Å². The number of carbonyl (C=O) groups is 2. The quantitative estimate of drug-likeness (QED) is 0.693. The smallest absolute Gasteiger partial charge is 0.323 e. The van der Waals surface area contributed by atoms with Gasteiger partial charge in [0.15, 0.2) is 0 Å². The summed E-state index contributed by atoms with van der Waals surface area (Å²) >= 11 is 5.96. The SMILES string of the molecule is CCN(CC)C(=O)c1cc(NC(=O)Nc2cccc(Cl)c2)ccc1N1CCCC1. The van der Waals surface area contributed by atoms with Crippen molar-refractivity contribution in [2.75, 3.05) is 41.7 Å². The van der Waals surface area contributed by atoms with E-state index in [4.69, 9.17) is 11.6 Å². The standard InChI is InChI=1S/C22H27ClN4O2/c1-3-26(4-2)21(28)19-15-18(10-11-20(19)27-12-5-6-13-27)25-22(29)24-17-9-7-8-16(23)14-17/h7-11,14-15H,3-6,12-13H2,1-2H3,(H2,24,25,29). The Labute approximate surface area is 176 Å². The van der Waals surface area contributed by atoms with Crippen LogP contribution in [0.5, 0.6) is 0 Å². The van der Waals surface area contributed by atoms with Crippen LogP contribution in [0.1, 0.15) is 37.0 Å². The fourth-order valence-electron chi connectivity index (χ4n) is 3.56. The molecule has 0 spiro atoms. The highest BCUT2D eigenvalue weighted by Gasteiger charge is 2.23. The van der Waals surface area contributed by atoms with Gasteiger partial charge < -0.3 is 20.4 Å². The van der Waals surface area contributed by atoms with Gasteiger partial charge in [0, 0.05) is 48.3 Å². The van der Waals surface area contributed by atoms with Gasteiger partial charge in [-0.25, -0.2) is 4.79 Å². The van der Waals surface area contributed by atoms with Crippen molar-refractivity contribution >= 4 is 40.6 Å². The minimum atomic E-state index is -0.387. The Bertz CT molecular complexity index is 877. The van der Waals surface area contributed by atoms with Crippen molar-refractivity contribution in [1.29, 1.82) is 0 Å². The summed E-state index contributed by atoms with van der Waals surface area (Å²) in [5, 5.41) is 6.12. The van der Waals surface area contributed by atoms with Gasteiger partial charge in [0.25, 0.3) is 5.91 Å². The summed E-state index contributed by atoms with van der Waals surface area (Å²) in [7, 11) is 0. The molecule has 0 atom stereocenters. The molecular weight excluding hydrogens is 388 g/mol. The highest BCUT2D eigenvalue weighted by atomic mass is 35.5. The van der Waals surface area contributed by atoms with E-state index in [-0.39, 0.29) is 11.9 Å². The Morgan fingerprint density at radius 1 is 1.00 bits per heavy atom. The molecule has 0 aromatic heterocycles. The van der Waals surface area contributed by atoms with Crippen LogP contribution in [0, 0.1) is 0 Å². The average molecular weight is 415 g/mol. The summed E-state index contributed by atoms with van der Waals surface area (Å²) in [6, 6.07) is 12.1. The zero-order valence-corrected chi connectivity index (χ0v) is 17.6. The molecule has 0 unspecified atom stereocenters. The number of anilines is 3. The third kappa shape index (κ3) is 5.21. The Kier molecular flexibility index (Phi) is 6.99. The maximum absolute atomic E-state index is 13.1. The second kappa shape index (κ2) is 9.65. The van der Waals surface area contributed by atoms with Gasteiger partial charge in [-0.2, -0.15) is 0 Å². The zero-order chi connectivity index (χ0) is 20.8. The van der Waals surface area contributed by atoms with E-state index < -0.39 is 0 Å². The Morgan fingerprint density at radius 3 is 2.28 bits per heavy atom. The molecule has 1 fully saturated rings. The predicted molar refractivity (Wildman–Crippen MR) is 119 cm³/mol. The van der Waals surface area contributed by atoms with Crippen LogP contribution in [0.2, 0.25) is 5.02 Å². The topological polar surface area (TPSA) is 64.7 Å². The number of hydrogen-bond donors (Lipinski definition) is 2.